The van der Waals surface area contributed by atoms with Gasteiger partial charge in [-0.3, -0.25) is 14.8 Å². The van der Waals surface area contributed by atoms with Crippen LogP contribution in [0.4, 0.5) is 59.7 Å². The molecular formula is C25H11BrF11N3O3. The molecule has 228 valence electrons. The average molecular weight is 690 g/mol. The Kier molecular flexibility index (Phi) is 8.86. The SMILES string of the molecule is N#Cc1ccc(C(=O)N(O)c2cccc(C(=O)Nc3c(Br)cc(C(F)(C(F)(F)F)C(F)(F)F)cc3C(F)(F)F)c2F)cc1. The number of carbonyl (C=O) groups excluding carboxylic acids is 2. The molecule has 0 heterocycles. The number of nitriles is 1. The van der Waals surface area contributed by atoms with Crippen LogP contribution < -0.4 is 10.4 Å². The number of nitrogens with zero attached hydrogens (tertiary/aromatic N) is 2. The zero-order valence-corrected chi connectivity index (χ0v) is 22.0. The number of benzene rings is 3. The lowest BCUT2D eigenvalue weighted by Crippen LogP contribution is -2.50. The molecule has 0 bridgehead atoms. The van der Waals surface area contributed by atoms with Crippen LogP contribution >= 0.6 is 15.9 Å². The number of amides is 2. The lowest BCUT2D eigenvalue weighted by atomic mass is 9.92. The number of halogens is 12. The standard InChI is InChI=1S/C25H11BrF11N3O3/c26-16-9-13(22(28,24(32,33)34)25(35,36)37)8-15(23(29,30)31)19(16)39-20(41)14-2-1-3-17(18(14)27)40(43)21(42)12-6-4-11(10-38)5-7-12/h1-9,43H,(H,39,41). The summed E-state index contributed by atoms with van der Waals surface area (Å²) in [6, 6.07) is 7.50. The molecule has 0 unspecified atom stereocenters. The molecule has 43 heavy (non-hydrogen) atoms. The Bertz CT molecular complexity index is 1600. The van der Waals surface area contributed by atoms with Gasteiger partial charge in [-0.15, -0.1) is 0 Å². The van der Waals surface area contributed by atoms with Gasteiger partial charge in [0.25, 0.3) is 11.8 Å². The summed E-state index contributed by atoms with van der Waals surface area (Å²) in [5, 5.41) is 20.3. The van der Waals surface area contributed by atoms with E-state index in [4.69, 9.17) is 5.26 Å². The van der Waals surface area contributed by atoms with E-state index in [9.17, 15) is 58.7 Å². The first kappa shape index (κ1) is 33.3. The molecule has 0 aliphatic rings. The molecule has 6 nitrogen and oxygen atoms in total. The van der Waals surface area contributed by atoms with E-state index in [1.54, 1.807) is 6.07 Å². The van der Waals surface area contributed by atoms with Gasteiger partial charge >= 0.3 is 24.2 Å². The monoisotopic (exact) mass is 689 g/mol. The molecule has 2 N–H and O–H groups in total. The third-order valence-corrected chi connectivity index (χ3v) is 6.34. The van der Waals surface area contributed by atoms with E-state index < -0.39 is 80.4 Å². The van der Waals surface area contributed by atoms with Crippen LogP contribution in [-0.2, 0) is 11.8 Å². The maximum absolute atomic E-state index is 15.2. The summed E-state index contributed by atoms with van der Waals surface area (Å²) < 4.78 is 149. The zero-order valence-electron chi connectivity index (χ0n) is 20.4. The highest BCUT2D eigenvalue weighted by Crippen LogP contribution is 2.55. The predicted molar refractivity (Wildman–Crippen MR) is 128 cm³/mol. The first-order valence-corrected chi connectivity index (χ1v) is 11.8. The summed E-state index contributed by atoms with van der Waals surface area (Å²) in [4.78, 5) is 25.3. The predicted octanol–water partition coefficient (Wildman–Crippen LogP) is 8.06. The second-order valence-electron chi connectivity index (χ2n) is 8.43. The van der Waals surface area contributed by atoms with E-state index in [0.717, 1.165) is 24.3 Å². The Morgan fingerprint density at radius 3 is 1.93 bits per heavy atom. The van der Waals surface area contributed by atoms with Gasteiger partial charge in [-0.1, -0.05) is 6.07 Å². The first-order valence-electron chi connectivity index (χ1n) is 11.0. The number of hydroxylamine groups is 1. The number of nitrogens with one attached hydrogen (secondary N) is 1. The molecule has 0 spiro atoms. The summed E-state index contributed by atoms with van der Waals surface area (Å²) >= 11 is 2.31. The van der Waals surface area contributed by atoms with Crippen LogP contribution in [0.25, 0.3) is 0 Å². The minimum Gasteiger partial charge on any atom is -0.320 e. The van der Waals surface area contributed by atoms with Crippen molar-refractivity contribution in [2.75, 3.05) is 10.4 Å². The van der Waals surface area contributed by atoms with E-state index >= 15 is 4.39 Å². The fourth-order valence-corrected chi connectivity index (χ4v) is 4.16. The number of hydrogen-bond donors (Lipinski definition) is 2. The van der Waals surface area contributed by atoms with E-state index in [-0.39, 0.29) is 22.3 Å². The highest BCUT2D eigenvalue weighted by molar-refractivity contribution is 9.10. The van der Waals surface area contributed by atoms with Gasteiger partial charge < -0.3 is 5.32 Å². The van der Waals surface area contributed by atoms with Gasteiger partial charge in [-0.2, -0.15) is 49.8 Å². The van der Waals surface area contributed by atoms with Crippen molar-refractivity contribution in [3.8, 4) is 6.07 Å². The molecular weight excluding hydrogens is 679 g/mol. The zero-order chi connectivity index (χ0) is 32.7. The van der Waals surface area contributed by atoms with Crippen LogP contribution in [-0.4, -0.2) is 29.4 Å². The van der Waals surface area contributed by atoms with Gasteiger partial charge in [0.05, 0.1) is 28.4 Å². The second-order valence-corrected chi connectivity index (χ2v) is 9.29. The van der Waals surface area contributed by atoms with Crippen LogP contribution in [0, 0.1) is 17.1 Å². The number of carbonyl (C=O) groups is 2. The highest BCUT2D eigenvalue weighted by Gasteiger charge is 2.73. The summed E-state index contributed by atoms with van der Waals surface area (Å²) in [5.74, 6) is -4.74. The van der Waals surface area contributed by atoms with Crippen molar-refractivity contribution in [2.45, 2.75) is 24.2 Å². The molecule has 3 aromatic rings. The molecule has 0 aliphatic heterocycles. The number of rotatable bonds is 5. The van der Waals surface area contributed by atoms with Gasteiger partial charge in [-0.05, 0) is 64.5 Å². The van der Waals surface area contributed by atoms with Crippen molar-refractivity contribution in [3.05, 3.63) is 92.7 Å². The quantitative estimate of drug-likeness (QED) is 0.161. The van der Waals surface area contributed by atoms with Gasteiger partial charge in [0.2, 0.25) is 0 Å². The largest absolute Gasteiger partial charge is 0.435 e. The minimum absolute atomic E-state index is 0.123. The normalized spacial score (nSPS) is 12.5. The molecule has 3 aromatic carbocycles. The second kappa shape index (κ2) is 11.4. The van der Waals surface area contributed by atoms with Crippen molar-refractivity contribution in [1.29, 1.82) is 5.26 Å². The maximum atomic E-state index is 15.2. The minimum atomic E-state index is -6.76. The van der Waals surface area contributed by atoms with Crippen LogP contribution in [0.15, 0.2) is 59.1 Å². The Labute approximate surface area is 241 Å². The topological polar surface area (TPSA) is 93.4 Å². The number of anilines is 2. The lowest BCUT2D eigenvalue weighted by molar-refractivity contribution is -0.348. The Morgan fingerprint density at radius 2 is 1.44 bits per heavy atom. The lowest BCUT2D eigenvalue weighted by Gasteiger charge is -2.31. The average Bonchev–Trinajstić information content (AvgIpc) is 2.90. The highest BCUT2D eigenvalue weighted by atomic mass is 79.9. The molecule has 18 heteroatoms. The summed E-state index contributed by atoms with van der Waals surface area (Å²) in [6.07, 6.45) is -19.3. The Morgan fingerprint density at radius 1 is 0.884 bits per heavy atom. The third-order valence-electron chi connectivity index (χ3n) is 5.72. The molecule has 3 rings (SSSR count). The van der Waals surface area contributed by atoms with Gasteiger partial charge in [-0.25, -0.2) is 8.78 Å². The smallest absolute Gasteiger partial charge is 0.320 e. The van der Waals surface area contributed by atoms with E-state index in [1.807, 2.05) is 0 Å². The summed E-state index contributed by atoms with van der Waals surface area (Å²) in [6.45, 7) is 0. The van der Waals surface area contributed by atoms with Crippen molar-refractivity contribution in [3.63, 3.8) is 0 Å². The van der Waals surface area contributed by atoms with Crippen LogP contribution in [0.5, 0.6) is 0 Å². The van der Waals surface area contributed by atoms with E-state index in [1.165, 1.54) is 17.4 Å². The van der Waals surface area contributed by atoms with Gasteiger partial charge in [0.1, 0.15) is 5.69 Å². The number of alkyl halides is 10. The van der Waals surface area contributed by atoms with Crippen LogP contribution in [0.2, 0.25) is 0 Å². The molecule has 0 atom stereocenters. The Hall–Kier alpha value is -4.24. The Balaban J connectivity index is 2.06. The van der Waals surface area contributed by atoms with E-state index in [0.29, 0.717) is 6.07 Å². The fraction of sp³-hybridized carbons (Fsp3) is 0.160. The van der Waals surface area contributed by atoms with E-state index in [2.05, 4.69) is 15.9 Å². The molecule has 2 amide bonds. The van der Waals surface area contributed by atoms with Crippen LogP contribution in [0.1, 0.15) is 37.4 Å². The van der Waals surface area contributed by atoms with Crippen molar-refractivity contribution in [1.82, 2.24) is 0 Å². The summed E-state index contributed by atoms with van der Waals surface area (Å²) in [5.41, 5.74) is -14.9. The first-order chi connectivity index (χ1) is 19.6. The molecule has 0 aliphatic carbocycles. The summed E-state index contributed by atoms with van der Waals surface area (Å²) in [7, 11) is 0. The van der Waals surface area contributed by atoms with Crippen molar-refractivity contribution < 1.29 is 63.1 Å². The molecule has 0 fully saturated rings. The molecule has 0 radical (unpaired) electrons. The molecule has 0 saturated heterocycles. The molecule has 0 saturated carbocycles. The third kappa shape index (κ3) is 6.27. The van der Waals surface area contributed by atoms with Gasteiger partial charge in [0.15, 0.2) is 5.82 Å². The molecule has 0 aromatic heterocycles. The van der Waals surface area contributed by atoms with Crippen molar-refractivity contribution in [2.24, 2.45) is 0 Å². The maximum Gasteiger partial charge on any atom is 0.435 e. The van der Waals surface area contributed by atoms with Crippen LogP contribution in [0.3, 0.4) is 0 Å². The number of hydrogen-bond acceptors (Lipinski definition) is 4. The van der Waals surface area contributed by atoms with Gasteiger partial charge in [0, 0.05) is 15.6 Å². The fourth-order valence-electron chi connectivity index (χ4n) is 3.60. The van der Waals surface area contributed by atoms with Crippen molar-refractivity contribution >= 4 is 39.1 Å².